The minimum atomic E-state index is 0.588. The summed E-state index contributed by atoms with van der Waals surface area (Å²) in [5.74, 6) is 1.27. The maximum Gasteiger partial charge on any atom is 0.137 e. The normalized spacial score (nSPS) is 22.9. The largest absolute Gasteiger partial charge is 0.384 e. The lowest BCUT2D eigenvalue weighted by molar-refractivity contribution is -0.0284. The topological polar surface area (TPSA) is 57.3 Å². The Morgan fingerprint density at radius 2 is 1.96 bits per heavy atom. The van der Waals surface area contributed by atoms with Gasteiger partial charge in [-0.05, 0) is 48.8 Å². The molecule has 2 saturated heterocycles. The molecule has 0 radical (unpaired) electrons. The van der Waals surface area contributed by atoms with E-state index in [2.05, 4.69) is 37.1 Å². The predicted molar refractivity (Wildman–Crippen MR) is 106 cm³/mol. The summed E-state index contributed by atoms with van der Waals surface area (Å²) >= 11 is 0. The second-order valence-corrected chi connectivity index (χ2v) is 7.91. The van der Waals surface area contributed by atoms with E-state index in [-0.39, 0.29) is 0 Å². The second kappa shape index (κ2) is 7.19. The molecule has 27 heavy (non-hydrogen) atoms. The summed E-state index contributed by atoms with van der Waals surface area (Å²) in [7, 11) is 1.81. The molecule has 6 nitrogen and oxygen atoms in total. The first-order chi connectivity index (χ1) is 13.3. The number of H-pyrrole nitrogens is 1. The summed E-state index contributed by atoms with van der Waals surface area (Å²) in [6.07, 6.45) is 9.45. The van der Waals surface area contributed by atoms with Crippen LogP contribution in [0.4, 0.5) is 0 Å². The number of pyridine rings is 2. The van der Waals surface area contributed by atoms with Crippen LogP contribution >= 0.6 is 0 Å². The highest BCUT2D eigenvalue weighted by atomic mass is 16.5. The van der Waals surface area contributed by atoms with Crippen LogP contribution < -0.4 is 0 Å². The van der Waals surface area contributed by atoms with Gasteiger partial charge >= 0.3 is 0 Å². The number of hydrogen-bond donors (Lipinski definition) is 1. The first-order valence-corrected chi connectivity index (χ1v) is 10.0. The lowest BCUT2D eigenvalue weighted by Crippen LogP contribution is -2.45. The standard InChI is InChI=1S/C21H27N5O/c1-27-14-15-4-9-26(13-15)25-10-5-16(6-11-25)17-2-7-22-19-12-24-21-18(20(17)19)3-8-23-21/h2-3,7-8,12,15-16H,4-6,9-11,13-14H2,1H3,(H,23,24). The Kier molecular flexibility index (Phi) is 4.55. The van der Waals surface area contributed by atoms with Gasteiger partial charge in [0.1, 0.15) is 5.65 Å². The Morgan fingerprint density at radius 1 is 1.11 bits per heavy atom. The van der Waals surface area contributed by atoms with Gasteiger partial charge in [0.05, 0.1) is 18.3 Å². The zero-order valence-electron chi connectivity index (χ0n) is 15.9. The molecule has 2 aliphatic heterocycles. The molecule has 2 fully saturated rings. The first kappa shape index (κ1) is 17.1. The Hall–Kier alpha value is -2.02. The Morgan fingerprint density at radius 3 is 2.81 bits per heavy atom. The minimum Gasteiger partial charge on any atom is -0.384 e. The number of hydrazine groups is 1. The quantitative estimate of drug-likeness (QED) is 0.770. The van der Waals surface area contributed by atoms with Crippen molar-refractivity contribution >= 4 is 21.9 Å². The number of nitrogens with zero attached hydrogens (tertiary/aromatic N) is 4. The van der Waals surface area contributed by atoms with E-state index in [0.29, 0.717) is 11.8 Å². The van der Waals surface area contributed by atoms with E-state index in [4.69, 9.17) is 4.74 Å². The van der Waals surface area contributed by atoms with Crippen molar-refractivity contribution in [3.8, 4) is 0 Å². The molecule has 0 aliphatic carbocycles. The van der Waals surface area contributed by atoms with Gasteiger partial charge in [-0.15, -0.1) is 0 Å². The molecule has 5 heterocycles. The van der Waals surface area contributed by atoms with Gasteiger partial charge in [-0.1, -0.05) is 0 Å². The highest BCUT2D eigenvalue weighted by molar-refractivity contribution is 6.05. The second-order valence-electron chi connectivity index (χ2n) is 7.91. The summed E-state index contributed by atoms with van der Waals surface area (Å²) < 4.78 is 5.35. The molecule has 0 amide bonds. The number of aromatic amines is 1. The number of aromatic nitrogens is 3. The van der Waals surface area contributed by atoms with Gasteiger partial charge in [0.15, 0.2) is 0 Å². The van der Waals surface area contributed by atoms with E-state index >= 15 is 0 Å². The number of rotatable bonds is 4. The molecule has 5 rings (SSSR count). The van der Waals surface area contributed by atoms with E-state index < -0.39 is 0 Å². The van der Waals surface area contributed by atoms with Gasteiger partial charge in [0.25, 0.3) is 0 Å². The van der Waals surface area contributed by atoms with Crippen LogP contribution in [0.1, 0.15) is 30.7 Å². The molecule has 6 heteroatoms. The van der Waals surface area contributed by atoms with E-state index in [1.165, 1.54) is 42.1 Å². The first-order valence-electron chi connectivity index (χ1n) is 10.0. The summed E-state index contributed by atoms with van der Waals surface area (Å²) in [6.45, 7) is 5.47. The van der Waals surface area contributed by atoms with E-state index in [9.17, 15) is 0 Å². The third-order valence-electron chi connectivity index (χ3n) is 6.30. The maximum absolute atomic E-state index is 5.35. The van der Waals surface area contributed by atoms with E-state index in [1.807, 2.05) is 25.7 Å². The van der Waals surface area contributed by atoms with E-state index in [0.717, 1.165) is 37.4 Å². The van der Waals surface area contributed by atoms with Crippen molar-refractivity contribution in [2.75, 3.05) is 39.9 Å². The van der Waals surface area contributed by atoms with Crippen molar-refractivity contribution in [1.29, 1.82) is 0 Å². The Bertz CT molecular complexity index is 931. The highest BCUT2D eigenvalue weighted by Gasteiger charge is 2.30. The lowest BCUT2D eigenvalue weighted by atomic mass is 9.87. The molecular formula is C21H27N5O. The molecule has 1 N–H and O–H groups in total. The van der Waals surface area contributed by atoms with Gasteiger partial charge in [-0.2, -0.15) is 0 Å². The van der Waals surface area contributed by atoms with Crippen LogP contribution in [0.2, 0.25) is 0 Å². The number of fused-ring (bicyclic) bond motifs is 3. The van der Waals surface area contributed by atoms with Crippen molar-refractivity contribution in [3.63, 3.8) is 0 Å². The fraction of sp³-hybridized carbons (Fsp3) is 0.524. The van der Waals surface area contributed by atoms with Crippen LogP contribution in [-0.4, -0.2) is 64.9 Å². The Labute approximate surface area is 159 Å². The van der Waals surface area contributed by atoms with Crippen LogP contribution in [0.15, 0.2) is 30.7 Å². The van der Waals surface area contributed by atoms with Crippen molar-refractivity contribution < 1.29 is 4.74 Å². The molecule has 2 aliphatic rings. The van der Waals surface area contributed by atoms with Crippen LogP contribution in [0.25, 0.3) is 21.9 Å². The van der Waals surface area contributed by atoms with Crippen molar-refractivity contribution in [2.45, 2.75) is 25.2 Å². The number of ether oxygens (including phenoxy) is 1. The monoisotopic (exact) mass is 365 g/mol. The van der Waals surface area contributed by atoms with Crippen molar-refractivity contribution in [1.82, 2.24) is 25.0 Å². The van der Waals surface area contributed by atoms with Crippen molar-refractivity contribution in [2.24, 2.45) is 5.92 Å². The summed E-state index contributed by atoms with van der Waals surface area (Å²) in [6, 6.07) is 4.35. The average molecular weight is 365 g/mol. The third-order valence-corrected chi connectivity index (χ3v) is 6.30. The minimum absolute atomic E-state index is 0.588. The highest BCUT2D eigenvalue weighted by Crippen LogP contribution is 2.36. The smallest absolute Gasteiger partial charge is 0.137 e. The summed E-state index contributed by atoms with van der Waals surface area (Å²) in [5.41, 5.74) is 3.39. The molecule has 1 atom stereocenters. The number of nitrogens with one attached hydrogen (secondary N) is 1. The van der Waals surface area contributed by atoms with Gasteiger partial charge < -0.3 is 9.72 Å². The molecule has 0 aromatic carbocycles. The molecule has 0 spiro atoms. The Balaban J connectivity index is 1.35. The summed E-state index contributed by atoms with van der Waals surface area (Å²) in [5, 5.41) is 7.60. The molecule has 3 aromatic heterocycles. The number of piperidine rings is 1. The average Bonchev–Trinajstić information content (AvgIpc) is 3.37. The zero-order chi connectivity index (χ0) is 18.2. The van der Waals surface area contributed by atoms with Gasteiger partial charge in [-0.25, -0.2) is 15.0 Å². The zero-order valence-corrected chi connectivity index (χ0v) is 15.9. The number of hydrogen-bond acceptors (Lipinski definition) is 5. The molecule has 142 valence electrons. The molecular weight excluding hydrogens is 338 g/mol. The van der Waals surface area contributed by atoms with Crippen LogP contribution in [0.3, 0.4) is 0 Å². The fourth-order valence-electron chi connectivity index (χ4n) is 4.92. The predicted octanol–water partition coefficient (Wildman–Crippen LogP) is 3.17. The molecule has 0 bridgehead atoms. The van der Waals surface area contributed by atoms with Crippen LogP contribution in [0.5, 0.6) is 0 Å². The summed E-state index contributed by atoms with van der Waals surface area (Å²) in [4.78, 5) is 12.3. The van der Waals surface area contributed by atoms with Gasteiger partial charge in [0.2, 0.25) is 0 Å². The lowest BCUT2D eigenvalue weighted by Gasteiger charge is -2.38. The van der Waals surface area contributed by atoms with Crippen LogP contribution in [0, 0.1) is 5.92 Å². The number of methoxy groups -OCH3 is 1. The van der Waals surface area contributed by atoms with Gasteiger partial charge in [-0.3, -0.25) is 4.98 Å². The van der Waals surface area contributed by atoms with E-state index in [1.54, 1.807) is 0 Å². The van der Waals surface area contributed by atoms with Crippen molar-refractivity contribution in [3.05, 3.63) is 36.3 Å². The SMILES string of the molecule is COCC1CCN(N2CCC(c3ccnc4cnc5[nH]ccc5c34)CC2)C1. The fourth-order valence-corrected chi connectivity index (χ4v) is 4.92. The molecule has 0 saturated carbocycles. The molecule has 1 unspecified atom stereocenters. The van der Waals surface area contributed by atoms with Crippen LogP contribution in [-0.2, 0) is 4.74 Å². The maximum atomic E-state index is 5.35. The van der Waals surface area contributed by atoms with Gasteiger partial charge in [0, 0.05) is 56.5 Å². The third kappa shape index (κ3) is 3.12. The molecule has 3 aromatic rings.